The van der Waals surface area contributed by atoms with E-state index in [4.69, 9.17) is 4.52 Å². The SMILES string of the molecule is Fc1ccc(-c2noc3c2CN(CCc2ccccc2)CC3)cc1F. The highest BCUT2D eigenvalue weighted by molar-refractivity contribution is 5.63. The van der Waals surface area contributed by atoms with Gasteiger partial charge in [-0.2, -0.15) is 0 Å². The molecule has 0 N–H and O–H groups in total. The van der Waals surface area contributed by atoms with Gasteiger partial charge < -0.3 is 4.52 Å². The van der Waals surface area contributed by atoms with Gasteiger partial charge in [-0.3, -0.25) is 4.90 Å². The van der Waals surface area contributed by atoms with E-state index in [0.717, 1.165) is 43.3 Å². The fourth-order valence-corrected chi connectivity index (χ4v) is 3.26. The van der Waals surface area contributed by atoms with Crippen molar-refractivity contribution in [2.24, 2.45) is 0 Å². The Hall–Kier alpha value is -2.53. The smallest absolute Gasteiger partial charge is 0.159 e. The summed E-state index contributed by atoms with van der Waals surface area (Å²) in [5.41, 5.74) is 3.44. The lowest BCUT2D eigenvalue weighted by molar-refractivity contribution is 0.239. The fraction of sp³-hybridized carbons (Fsp3) is 0.250. The van der Waals surface area contributed by atoms with Crippen molar-refractivity contribution in [3.05, 3.63) is 77.1 Å². The van der Waals surface area contributed by atoms with E-state index in [1.165, 1.54) is 11.6 Å². The number of fused-ring (bicyclic) bond motifs is 1. The number of aromatic nitrogens is 1. The van der Waals surface area contributed by atoms with Crippen LogP contribution in [-0.4, -0.2) is 23.1 Å². The molecule has 0 saturated heterocycles. The first-order chi connectivity index (χ1) is 12.2. The van der Waals surface area contributed by atoms with Gasteiger partial charge in [-0.05, 0) is 30.2 Å². The number of halogens is 2. The van der Waals surface area contributed by atoms with Crippen LogP contribution >= 0.6 is 0 Å². The van der Waals surface area contributed by atoms with Crippen LogP contribution in [0.15, 0.2) is 53.1 Å². The molecule has 3 nitrogen and oxygen atoms in total. The monoisotopic (exact) mass is 340 g/mol. The Morgan fingerprint density at radius 1 is 1.04 bits per heavy atom. The second kappa shape index (κ2) is 6.76. The number of nitrogens with zero attached hydrogens (tertiary/aromatic N) is 2. The Morgan fingerprint density at radius 3 is 2.68 bits per heavy atom. The predicted molar refractivity (Wildman–Crippen MR) is 91.0 cm³/mol. The molecule has 0 spiro atoms. The van der Waals surface area contributed by atoms with Crippen LogP contribution in [0, 0.1) is 11.6 Å². The van der Waals surface area contributed by atoms with Crippen LogP contribution in [0.5, 0.6) is 0 Å². The van der Waals surface area contributed by atoms with Crippen LogP contribution in [0.25, 0.3) is 11.3 Å². The Bertz CT molecular complexity index is 877. The highest BCUT2D eigenvalue weighted by Gasteiger charge is 2.25. The largest absolute Gasteiger partial charge is 0.360 e. The van der Waals surface area contributed by atoms with E-state index in [1.54, 1.807) is 6.07 Å². The summed E-state index contributed by atoms with van der Waals surface area (Å²) in [5, 5.41) is 4.10. The first-order valence-corrected chi connectivity index (χ1v) is 8.40. The quantitative estimate of drug-likeness (QED) is 0.712. The van der Waals surface area contributed by atoms with Crippen LogP contribution in [0.1, 0.15) is 16.9 Å². The normalized spacial score (nSPS) is 14.5. The Morgan fingerprint density at radius 2 is 1.88 bits per heavy atom. The van der Waals surface area contributed by atoms with E-state index < -0.39 is 11.6 Å². The molecule has 0 aliphatic carbocycles. The lowest BCUT2D eigenvalue weighted by Gasteiger charge is -2.26. The highest BCUT2D eigenvalue weighted by Crippen LogP contribution is 2.30. The van der Waals surface area contributed by atoms with Crippen molar-refractivity contribution in [1.29, 1.82) is 0 Å². The van der Waals surface area contributed by atoms with Crippen LogP contribution in [0.3, 0.4) is 0 Å². The first kappa shape index (κ1) is 16.0. The first-order valence-electron chi connectivity index (χ1n) is 8.40. The minimum absolute atomic E-state index is 0.550. The van der Waals surface area contributed by atoms with Crippen LogP contribution in [0.2, 0.25) is 0 Å². The standard InChI is InChI=1S/C20H18F2N2O/c21-17-7-6-15(12-18(17)22)20-16-13-24(11-9-19(16)25-23-20)10-8-14-4-2-1-3-5-14/h1-7,12H,8-11,13H2. The molecule has 2 aromatic carbocycles. The molecule has 0 unspecified atom stereocenters. The molecular weight excluding hydrogens is 322 g/mol. The number of hydrogen-bond donors (Lipinski definition) is 0. The lowest BCUT2D eigenvalue weighted by atomic mass is 10.0. The van der Waals surface area contributed by atoms with Crippen molar-refractivity contribution in [3.63, 3.8) is 0 Å². The van der Waals surface area contributed by atoms with Gasteiger partial charge in [0, 0.05) is 37.2 Å². The average Bonchev–Trinajstić information content (AvgIpc) is 3.06. The van der Waals surface area contributed by atoms with Gasteiger partial charge in [0.1, 0.15) is 11.5 Å². The van der Waals surface area contributed by atoms with Gasteiger partial charge >= 0.3 is 0 Å². The van der Waals surface area contributed by atoms with Gasteiger partial charge in [0.05, 0.1) is 0 Å². The Kier molecular flexibility index (Phi) is 4.32. The topological polar surface area (TPSA) is 29.3 Å². The van der Waals surface area contributed by atoms with Crippen molar-refractivity contribution in [3.8, 4) is 11.3 Å². The van der Waals surface area contributed by atoms with Crippen molar-refractivity contribution in [2.45, 2.75) is 19.4 Å². The zero-order valence-electron chi connectivity index (χ0n) is 13.7. The average molecular weight is 340 g/mol. The molecule has 1 aromatic heterocycles. The van der Waals surface area contributed by atoms with Gasteiger partial charge in [-0.25, -0.2) is 8.78 Å². The molecule has 0 fully saturated rings. The molecule has 1 aliphatic rings. The number of rotatable bonds is 4. The van der Waals surface area contributed by atoms with Gasteiger partial charge in [-0.15, -0.1) is 0 Å². The molecule has 0 radical (unpaired) electrons. The number of benzene rings is 2. The van der Waals surface area contributed by atoms with E-state index in [2.05, 4.69) is 22.2 Å². The molecule has 4 rings (SSSR count). The summed E-state index contributed by atoms with van der Waals surface area (Å²) in [6.45, 7) is 2.55. The third-order valence-electron chi connectivity index (χ3n) is 4.66. The van der Waals surface area contributed by atoms with Gasteiger partial charge in [0.2, 0.25) is 0 Å². The molecule has 25 heavy (non-hydrogen) atoms. The Balaban J connectivity index is 1.52. The van der Waals surface area contributed by atoms with Gasteiger partial charge in [0.25, 0.3) is 0 Å². The zero-order chi connectivity index (χ0) is 17.2. The van der Waals surface area contributed by atoms with E-state index in [1.807, 2.05) is 18.2 Å². The maximum Gasteiger partial charge on any atom is 0.159 e. The fourth-order valence-electron chi connectivity index (χ4n) is 3.26. The zero-order valence-corrected chi connectivity index (χ0v) is 13.7. The lowest BCUT2D eigenvalue weighted by Crippen LogP contribution is -2.31. The minimum atomic E-state index is -0.869. The van der Waals surface area contributed by atoms with Crippen LogP contribution < -0.4 is 0 Å². The summed E-state index contributed by atoms with van der Waals surface area (Å²) in [7, 11) is 0. The summed E-state index contributed by atoms with van der Waals surface area (Å²) in [6.07, 6.45) is 1.75. The number of hydrogen-bond acceptors (Lipinski definition) is 3. The molecule has 5 heteroatoms. The molecule has 128 valence electrons. The maximum absolute atomic E-state index is 13.5. The Labute approximate surface area is 144 Å². The molecular formula is C20H18F2N2O. The van der Waals surface area contributed by atoms with E-state index in [9.17, 15) is 8.78 Å². The third-order valence-corrected chi connectivity index (χ3v) is 4.66. The molecule has 0 atom stereocenters. The molecule has 0 bridgehead atoms. The summed E-state index contributed by atoms with van der Waals surface area (Å²) in [4.78, 5) is 2.34. The van der Waals surface area contributed by atoms with Crippen LogP contribution in [-0.2, 0) is 19.4 Å². The summed E-state index contributed by atoms with van der Waals surface area (Å²) >= 11 is 0. The van der Waals surface area contributed by atoms with Gasteiger partial charge in [0.15, 0.2) is 11.6 Å². The maximum atomic E-state index is 13.5. The molecule has 0 amide bonds. The second-order valence-corrected chi connectivity index (χ2v) is 6.32. The predicted octanol–water partition coefficient (Wildman–Crippen LogP) is 4.22. The third kappa shape index (κ3) is 3.33. The highest BCUT2D eigenvalue weighted by atomic mass is 19.2. The summed E-state index contributed by atoms with van der Waals surface area (Å²) < 4.78 is 32.2. The van der Waals surface area contributed by atoms with Gasteiger partial charge in [-0.1, -0.05) is 35.5 Å². The van der Waals surface area contributed by atoms with E-state index in [-0.39, 0.29) is 0 Å². The van der Waals surface area contributed by atoms with E-state index >= 15 is 0 Å². The molecule has 3 aromatic rings. The van der Waals surface area contributed by atoms with Crippen molar-refractivity contribution in [1.82, 2.24) is 10.1 Å². The summed E-state index contributed by atoms with van der Waals surface area (Å²) in [6, 6.07) is 14.2. The van der Waals surface area contributed by atoms with E-state index in [0.29, 0.717) is 17.8 Å². The van der Waals surface area contributed by atoms with Crippen molar-refractivity contribution >= 4 is 0 Å². The molecule has 1 aliphatic heterocycles. The second-order valence-electron chi connectivity index (χ2n) is 6.32. The van der Waals surface area contributed by atoms with Crippen molar-refractivity contribution < 1.29 is 13.3 Å². The molecule has 0 saturated carbocycles. The minimum Gasteiger partial charge on any atom is -0.360 e. The summed E-state index contributed by atoms with van der Waals surface area (Å²) in [5.74, 6) is -0.882. The van der Waals surface area contributed by atoms with Crippen molar-refractivity contribution in [2.75, 3.05) is 13.1 Å². The molecule has 2 heterocycles. The van der Waals surface area contributed by atoms with Crippen LogP contribution in [0.4, 0.5) is 8.78 Å².